The molecule has 2 rings (SSSR count). The maximum atomic E-state index is 14.1. The van der Waals surface area contributed by atoms with Gasteiger partial charge in [-0.25, -0.2) is 13.8 Å². The van der Waals surface area contributed by atoms with E-state index in [1.165, 1.54) is 0 Å². The number of rotatable bonds is 4. The average Bonchev–Trinajstić information content (AvgIpc) is 2.38. The van der Waals surface area contributed by atoms with Crippen LogP contribution < -0.4 is 10.2 Å². The molecule has 112 valence electrons. The van der Waals surface area contributed by atoms with Gasteiger partial charge < -0.3 is 15.0 Å². The Morgan fingerprint density at radius 3 is 2.80 bits per heavy atom. The normalized spacial score (nSPS) is 18.1. The zero-order valence-electron chi connectivity index (χ0n) is 12.2. The van der Waals surface area contributed by atoms with Crippen molar-refractivity contribution in [3.05, 3.63) is 17.7 Å². The first-order chi connectivity index (χ1) is 9.45. The topological polar surface area (TPSA) is 37.4 Å². The summed E-state index contributed by atoms with van der Waals surface area (Å²) in [6, 6.07) is 0.895. The molecule has 1 aliphatic rings. The number of hydrogen-bond acceptors (Lipinski definition) is 4. The van der Waals surface area contributed by atoms with Gasteiger partial charge in [-0.1, -0.05) is 6.92 Å². The number of aromatic nitrogens is 1. The minimum atomic E-state index is -0.661. The van der Waals surface area contributed by atoms with E-state index in [4.69, 9.17) is 4.74 Å². The highest BCUT2D eigenvalue weighted by atomic mass is 19.1. The van der Waals surface area contributed by atoms with Crippen molar-refractivity contribution in [3.8, 4) is 0 Å². The monoisotopic (exact) mass is 285 g/mol. The summed E-state index contributed by atoms with van der Waals surface area (Å²) in [5.41, 5.74) is -0.369. The lowest BCUT2D eigenvalue weighted by Crippen LogP contribution is -2.53. The Balaban J connectivity index is 2.34. The standard InChI is InChI=1S/C14H21F2N3O/c1-4-5-17-12-10(15)8-11(16)13(18-12)19-6-7-20-9-14(19,2)3/h8H,4-7,9H2,1-3H3,(H,17,18). The Bertz CT molecular complexity index is 480. The SMILES string of the molecule is CCCNc1nc(N2CCOCC2(C)C)c(F)cc1F. The second kappa shape index (κ2) is 5.91. The first-order valence-electron chi connectivity index (χ1n) is 6.91. The molecule has 0 unspecified atom stereocenters. The molecule has 1 aromatic rings. The fourth-order valence-corrected chi connectivity index (χ4v) is 2.26. The molecule has 1 aromatic heterocycles. The van der Waals surface area contributed by atoms with Gasteiger partial charge in [-0.2, -0.15) is 0 Å². The van der Waals surface area contributed by atoms with Gasteiger partial charge >= 0.3 is 0 Å². The van der Waals surface area contributed by atoms with Crippen LogP contribution >= 0.6 is 0 Å². The first kappa shape index (κ1) is 15.0. The molecule has 0 saturated carbocycles. The molecule has 0 bridgehead atoms. The predicted molar refractivity (Wildman–Crippen MR) is 75.2 cm³/mol. The summed E-state index contributed by atoms with van der Waals surface area (Å²) >= 11 is 0. The summed E-state index contributed by atoms with van der Waals surface area (Å²) in [6.07, 6.45) is 0.844. The van der Waals surface area contributed by atoms with Crippen LogP contribution in [0, 0.1) is 11.6 Å². The highest BCUT2D eigenvalue weighted by Crippen LogP contribution is 2.29. The summed E-state index contributed by atoms with van der Waals surface area (Å²) in [7, 11) is 0. The van der Waals surface area contributed by atoms with Crippen LogP contribution in [0.2, 0.25) is 0 Å². The van der Waals surface area contributed by atoms with E-state index in [0.717, 1.165) is 12.5 Å². The maximum absolute atomic E-state index is 14.1. The van der Waals surface area contributed by atoms with Gasteiger partial charge in [0.1, 0.15) is 0 Å². The number of ether oxygens (including phenoxy) is 1. The Labute approximate surface area is 118 Å². The molecule has 0 radical (unpaired) electrons. The minimum absolute atomic E-state index is 0.102. The van der Waals surface area contributed by atoms with Gasteiger partial charge in [0.05, 0.1) is 18.8 Å². The number of hydrogen-bond donors (Lipinski definition) is 1. The molecule has 6 heteroatoms. The molecule has 1 aliphatic heterocycles. The molecule has 0 spiro atoms. The number of halogens is 2. The number of pyridine rings is 1. The van der Waals surface area contributed by atoms with Crippen molar-refractivity contribution in [1.82, 2.24) is 4.98 Å². The van der Waals surface area contributed by atoms with Crippen LogP contribution in [0.3, 0.4) is 0 Å². The summed E-state index contributed by atoms with van der Waals surface area (Å²) in [5, 5.41) is 2.89. The molecule has 0 aromatic carbocycles. The van der Waals surface area contributed by atoms with Gasteiger partial charge in [-0.3, -0.25) is 0 Å². The van der Waals surface area contributed by atoms with Crippen LogP contribution in [0.25, 0.3) is 0 Å². The van der Waals surface area contributed by atoms with Gasteiger partial charge in [-0.05, 0) is 20.3 Å². The van der Waals surface area contributed by atoms with Crippen molar-refractivity contribution in [2.45, 2.75) is 32.7 Å². The molecule has 1 fully saturated rings. The summed E-state index contributed by atoms with van der Waals surface area (Å²) in [6.45, 7) is 8.02. The van der Waals surface area contributed by atoms with Gasteiger partial charge in [0.15, 0.2) is 23.3 Å². The molecule has 0 aliphatic carbocycles. The van der Waals surface area contributed by atoms with E-state index in [-0.39, 0.29) is 17.2 Å². The molecule has 20 heavy (non-hydrogen) atoms. The maximum Gasteiger partial charge on any atom is 0.168 e. The van der Waals surface area contributed by atoms with Crippen LogP contribution in [0.5, 0.6) is 0 Å². The van der Waals surface area contributed by atoms with E-state index in [1.54, 1.807) is 0 Å². The second-order valence-electron chi connectivity index (χ2n) is 5.57. The Kier molecular flexibility index (Phi) is 4.42. The van der Waals surface area contributed by atoms with E-state index >= 15 is 0 Å². The second-order valence-corrected chi connectivity index (χ2v) is 5.57. The summed E-state index contributed by atoms with van der Waals surface area (Å²) in [5.74, 6) is -1.02. The predicted octanol–water partition coefficient (Wildman–Crippen LogP) is 2.80. The molecular formula is C14H21F2N3O. The number of morpholine rings is 1. The van der Waals surface area contributed by atoms with E-state index in [9.17, 15) is 8.78 Å². The van der Waals surface area contributed by atoms with Gasteiger partial charge in [0.25, 0.3) is 0 Å². The number of nitrogens with zero attached hydrogens (tertiary/aromatic N) is 2. The summed E-state index contributed by atoms with van der Waals surface area (Å²) < 4.78 is 33.2. The van der Waals surface area contributed by atoms with Crippen LogP contribution in [-0.4, -0.2) is 36.8 Å². The van der Waals surface area contributed by atoms with Gasteiger partial charge in [0, 0.05) is 19.2 Å². The number of anilines is 2. The lowest BCUT2D eigenvalue weighted by molar-refractivity contribution is 0.0634. The Morgan fingerprint density at radius 2 is 2.15 bits per heavy atom. The molecule has 4 nitrogen and oxygen atoms in total. The van der Waals surface area contributed by atoms with Crippen molar-refractivity contribution in [1.29, 1.82) is 0 Å². The first-order valence-corrected chi connectivity index (χ1v) is 6.91. The third-order valence-corrected chi connectivity index (χ3v) is 3.35. The largest absolute Gasteiger partial charge is 0.377 e. The molecule has 0 amide bonds. The van der Waals surface area contributed by atoms with Crippen LogP contribution in [0.1, 0.15) is 27.2 Å². The molecular weight excluding hydrogens is 264 g/mol. The van der Waals surface area contributed by atoms with Gasteiger partial charge in [-0.15, -0.1) is 0 Å². The van der Waals surface area contributed by atoms with Gasteiger partial charge in [0.2, 0.25) is 0 Å². The lowest BCUT2D eigenvalue weighted by atomic mass is 10.0. The zero-order chi connectivity index (χ0) is 14.8. The molecule has 1 N–H and O–H groups in total. The van der Waals surface area contributed by atoms with Crippen LogP contribution in [0.4, 0.5) is 20.4 Å². The highest BCUT2D eigenvalue weighted by molar-refractivity contribution is 5.51. The van der Waals surface area contributed by atoms with E-state index in [1.807, 2.05) is 25.7 Å². The van der Waals surface area contributed by atoms with Crippen LogP contribution in [-0.2, 0) is 4.74 Å². The smallest absolute Gasteiger partial charge is 0.168 e. The Hall–Kier alpha value is -1.43. The quantitative estimate of drug-likeness (QED) is 0.923. The third kappa shape index (κ3) is 3.00. The van der Waals surface area contributed by atoms with Crippen molar-refractivity contribution >= 4 is 11.6 Å². The molecule has 0 atom stereocenters. The fraction of sp³-hybridized carbons (Fsp3) is 0.643. The van der Waals surface area contributed by atoms with Crippen molar-refractivity contribution in [2.24, 2.45) is 0 Å². The van der Waals surface area contributed by atoms with Crippen molar-refractivity contribution in [3.63, 3.8) is 0 Å². The van der Waals surface area contributed by atoms with E-state index in [2.05, 4.69) is 10.3 Å². The summed E-state index contributed by atoms with van der Waals surface area (Å²) in [4.78, 5) is 5.97. The molecule has 2 heterocycles. The number of nitrogens with one attached hydrogen (secondary N) is 1. The van der Waals surface area contributed by atoms with Crippen LogP contribution in [0.15, 0.2) is 6.07 Å². The minimum Gasteiger partial charge on any atom is -0.377 e. The lowest BCUT2D eigenvalue weighted by Gasteiger charge is -2.43. The van der Waals surface area contributed by atoms with Crippen molar-refractivity contribution in [2.75, 3.05) is 36.5 Å². The fourth-order valence-electron chi connectivity index (χ4n) is 2.26. The highest BCUT2D eigenvalue weighted by Gasteiger charge is 2.33. The third-order valence-electron chi connectivity index (χ3n) is 3.35. The zero-order valence-corrected chi connectivity index (χ0v) is 12.2. The van der Waals surface area contributed by atoms with E-state index in [0.29, 0.717) is 26.3 Å². The molecule has 1 saturated heterocycles. The van der Waals surface area contributed by atoms with E-state index < -0.39 is 11.6 Å². The Morgan fingerprint density at radius 1 is 1.40 bits per heavy atom. The average molecular weight is 285 g/mol. The van der Waals surface area contributed by atoms with Crippen molar-refractivity contribution < 1.29 is 13.5 Å².